The molecule has 2 nitrogen and oxygen atoms in total. The van der Waals surface area contributed by atoms with E-state index >= 15 is 0 Å². The first-order chi connectivity index (χ1) is 6.07. The van der Waals surface area contributed by atoms with Crippen LogP contribution in [0.5, 0.6) is 0 Å². The molecule has 1 heterocycles. The summed E-state index contributed by atoms with van der Waals surface area (Å²) in [5.74, 6) is 1.61. The topological polar surface area (TPSA) is 20.3 Å². The van der Waals surface area contributed by atoms with E-state index in [9.17, 15) is 4.79 Å². The average Bonchev–Trinajstić information content (AvgIpc) is 2.46. The Kier molecular flexibility index (Phi) is 3.74. The van der Waals surface area contributed by atoms with Crippen LogP contribution in [0.1, 0.15) is 27.2 Å². The number of hydrogen-bond acceptors (Lipinski definition) is 3. The van der Waals surface area contributed by atoms with Crippen molar-refractivity contribution in [2.24, 2.45) is 5.92 Å². The van der Waals surface area contributed by atoms with Gasteiger partial charge in [0.05, 0.1) is 0 Å². The SMILES string of the molecule is CCC(=O)N1C(=S)SC[C@H]1C(C)C. The second kappa shape index (κ2) is 4.42. The maximum absolute atomic E-state index is 11.6. The Morgan fingerprint density at radius 1 is 1.77 bits per heavy atom. The van der Waals surface area contributed by atoms with Crippen LogP contribution in [-0.2, 0) is 4.79 Å². The van der Waals surface area contributed by atoms with Gasteiger partial charge in [-0.2, -0.15) is 0 Å². The lowest BCUT2D eigenvalue weighted by Gasteiger charge is -2.25. The highest BCUT2D eigenvalue weighted by atomic mass is 32.2. The highest BCUT2D eigenvalue weighted by Gasteiger charge is 2.34. The van der Waals surface area contributed by atoms with Crippen LogP contribution in [0.25, 0.3) is 0 Å². The third-order valence-corrected chi connectivity index (χ3v) is 3.75. The zero-order valence-corrected chi connectivity index (χ0v) is 9.87. The van der Waals surface area contributed by atoms with Crippen LogP contribution in [0.4, 0.5) is 0 Å². The van der Waals surface area contributed by atoms with Crippen LogP contribution in [0.15, 0.2) is 0 Å². The fourth-order valence-corrected chi connectivity index (χ4v) is 3.05. The maximum atomic E-state index is 11.6. The minimum Gasteiger partial charge on any atom is -0.294 e. The summed E-state index contributed by atoms with van der Waals surface area (Å²) in [6.45, 7) is 6.15. The van der Waals surface area contributed by atoms with E-state index in [1.54, 1.807) is 16.7 Å². The third-order valence-electron chi connectivity index (χ3n) is 2.25. The predicted molar refractivity (Wildman–Crippen MR) is 60.8 cm³/mol. The Bertz CT molecular complexity index is 228. The zero-order chi connectivity index (χ0) is 10.0. The van der Waals surface area contributed by atoms with E-state index in [0.29, 0.717) is 18.4 Å². The highest BCUT2D eigenvalue weighted by Crippen LogP contribution is 2.29. The van der Waals surface area contributed by atoms with Crippen LogP contribution in [0.3, 0.4) is 0 Å². The second-order valence-electron chi connectivity index (χ2n) is 3.51. The van der Waals surface area contributed by atoms with E-state index in [1.165, 1.54) is 0 Å². The summed E-state index contributed by atoms with van der Waals surface area (Å²) in [6, 6.07) is 0.310. The Morgan fingerprint density at radius 3 is 2.85 bits per heavy atom. The molecular weight excluding hydrogens is 202 g/mol. The Balaban J connectivity index is 2.77. The van der Waals surface area contributed by atoms with Gasteiger partial charge in [-0.3, -0.25) is 9.69 Å². The molecule has 0 N–H and O–H groups in total. The number of amides is 1. The van der Waals surface area contributed by atoms with Gasteiger partial charge >= 0.3 is 0 Å². The number of thiocarbonyl (C=S) groups is 1. The van der Waals surface area contributed by atoms with Gasteiger partial charge in [0.25, 0.3) is 0 Å². The van der Waals surface area contributed by atoms with Crippen LogP contribution in [-0.4, -0.2) is 26.9 Å². The summed E-state index contributed by atoms with van der Waals surface area (Å²) in [5.41, 5.74) is 0. The smallest absolute Gasteiger partial charge is 0.228 e. The zero-order valence-electron chi connectivity index (χ0n) is 8.24. The summed E-state index contributed by atoms with van der Waals surface area (Å²) in [6.07, 6.45) is 0.546. The van der Waals surface area contributed by atoms with Gasteiger partial charge in [-0.25, -0.2) is 0 Å². The fourth-order valence-electron chi connectivity index (χ4n) is 1.38. The van der Waals surface area contributed by atoms with Gasteiger partial charge in [-0.05, 0) is 5.92 Å². The van der Waals surface area contributed by atoms with E-state index < -0.39 is 0 Å². The number of thioether (sulfide) groups is 1. The summed E-state index contributed by atoms with van der Waals surface area (Å²) in [4.78, 5) is 13.4. The number of rotatable bonds is 2. The van der Waals surface area contributed by atoms with Crippen LogP contribution in [0.2, 0.25) is 0 Å². The van der Waals surface area contributed by atoms with E-state index in [-0.39, 0.29) is 5.91 Å². The molecule has 1 rings (SSSR count). The van der Waals surface area contributed by atoms with E-state index in [4.69, 9.17) is 12.2 Å². The molecule has 1 saturated heterocycles. The largest absolute Gasteiger partial charge is 0.294 e. The summed E-state index contributed by atoms with van der Waals surface area (Å²) >= 11 is 6.77. The van der Waals surface area contributed by atoms with E-state index in [2.05, 4.69) is 13.8 Å². The molecule has 1 aliphatic heterocycles. The summed E-state index contributed by atoms with van der Waals surface area (Å²) < 4.78 is 0.755. The molecule has 0 spiro atoms. The first-order valence-corrected chi connectivity index (χ1v) is 5.96. The van der Waals surface area contributed by atoms with E-state index in [0.717, 1.165) is 10.1 Å². The molecule has 4 heteroatoms. The molecule has 1 atom stereocenters. The lowest BCUT2D eigenvalue weighted by Crippen LogP contribution is -2.41. The first kappa shape index (κ1) is 11.0. The van der Waals surface area contributed by atoms with Crippen molar-refractivity contribution in [3.8, 4) is 0 Å². The molecule has 0 aromatic heterocycles. The highest BCUT2D eigenvalue weighted by molar-refractivity contribution is 8.23. The summed E-state index contributed by atoms with van der Waals surface area (Å²) in [5, 5.41) is 0. The van der Waals surface area contributed by atoms with Crippen molar-refractivity contribution in [2.45, 2.75) is 33.2 Å². The third kappa shape index (κ3) is 2.23. The van der Waals surface area contributed by atoms with Crippen molar-refractivity contribution in [3.05, 3.63) is 0 Å². The lowest BCUT2D eigenvalue weighted by molar-refractivity contribution is -0.128. The normalized spacial score (nSPS) is 22.9. The maximum Gasteiger partial charge on any atom is 0.228 e. The van der Waals surface area contributed by atoms with Gasteiger partial charge in [0.2, 0.25) is 5.91 Å². The van der Waals surface area contributed by atoms with Crippen molar-refractivity contribution in [1.82, 2.24) is 4.90 Å². The molecular formula is C9H15NOS2. The molecule has 0 radical (unpaired) electrons. The van der Waals surface area contributed by atoms with Crippen molar-refractivity contribution in [3.63, 3.8) is 0 Å². The number of nitrogens with zero attached hydrogens (tertiary/aromatic N) is 1. The molecule has 0 aromatic rings. The molecule has 0 unspecified atom stereocenters. The minimum absolute atomic E-state index is 0.161. The number of hydrogen-bond donors (Lipinski definition) is 0. The molecule has 0 saturated carbocycles. The molecule has 0 aliphatic carbocycles. The van der Waals surface area contributed by atoms with Gasteiger partial charge in [-0.15, -0.1) is 0 Å². The lowest BCUT2D eigenvalue weighted by atomic mass is 10.1. The van der Waals surface area contributed by atoms with Crippen molar-refractivity contribution < 1.29 is 4.79 Å². The van der Waals surface area contributed by atoms with E-state index in [1.807, 2.05) is 6.92 Å². The molecule has 1 aliphatic rings. The second-order valence-corrected chi connectivity index (χ2v) is 5.16. The van der Waals surface area contributed by atoms with Gasteiger partial charge in [0.15, 0.2) is 0 Å². The number of carbonyl (C=O) groups is 1. The molecule has 0 bridgehead atoms. The van der Waals surface area contributed by atoms with Gasteiger partial charge in [0.1, 0.15) is 4.32 Å². The summed E-state index contributed by atoms with van der Waals surface area (Å²) in [7, 11) is 0. The van der Waals surface area contributed by atoms with Crippen LogP contribution in [0, 0.1) is 5.92 Å². The average molecular weight is 217 g/mol. The van der Waals surface area contributed by atoms with Crippen molar-refractivity contribution in [2.75, 3.05) is 5.75 Å². The Morgan fingerprint density at radius 2 is 2.38 bits per heavy atom. The molecule has 1 amide bonds. The molecule has 74 valence electrons. The Hall–Kier alpha value is -0.0900. The fraction of sp³-hybridized carbons (Fsp3) is 0.778. The quantitative estimate of drug-likeness (QED) is 0.662. The molecule has 1 fully saturated rings. The van der Waals surface area contributed by atoms with Crippen LogP contribution < -0.4 is 0 Å². The first-order valence-electron chi connectivity index (χ1n) is 4.56. The van der Waals surface area contributed by atoms with Crippen LogP contribution >= 0.6 is 24.0 Å². The predicted octanol–water partition coefficient (Wildman–Crippen LogP) is 2.28. The van der Waals surface area contributed by atoms with Crippen molar-refractivity contribution in [1.29, 1.82) is 0 Å². The van der Waals surface area contributed by atoms with Gasteiger partial charge in [0, 0.05) is 18.2 Å². The monoisotopic (exact) mass is 217 g/mol. The molecule has 13 heavy (non-hydrogen) atoms. The minimum atomic E-state index is 0.161. The standard InChI is InChI=1S/C9H15NOS2/c1-4-8(11)10-7(6(2)3)5-13-9(10)12/h6-7H,4-5H2,1-3H3/t7-/m0/s1. The number of carbonyl (C=O) groups excluding carboxylic acids is 1. The molecule has 0 aromatic carbocycles. The van der Waals surface area contributed by atoms with Gasteiger partial charge in [-0.1, -0.05) is 44.8 Å². The van der Waals surface area contributed by atoms with Gasteiger partial charge < -0.3 is 0 Å². The Labute approximate surface area is 89.1 Å². The van der Waals surface area contributed by atoms with Crippen molar-refractivity contribution >= 4 is 34.2 Å².